The second-order valence-electron chi connectivity index (χ2n) is 12.0. The molecule has 10 N–H and O–H groups in total. The number of aliphatic imine (C=N–C) groups is 1. The van der Waals surface area contributed by atoms with Gasteiger partial charge in [0.25, 0.3) is 0 Å². The zero-order valence-corrected chi connectivity index (χ0v) is 27.0. The summed E-state index contributed by atoms with van der Waals surface area (Å²) in [6, 6.07) is 13.9. The monoisotopic (exact) mass is 646 g/mol. The molecule has 12 nitrogen and oxygen atoms in total. The minimum absolute atomic E-state index is 0.0383. The second kappa shape index (κ2) is 17.7. The van der Waals surface area contributed by atoms with Crippen molar-refractivity contribution in [3.05, 3.63) is 88.9 Å². The number of benzene rings is 2. The topological polar surface area (TPSA) is 230 Å². The zero-order valence-electron chi connectivity index (χ0n) is 27.0. The number of furan rings is 1. The molecule has 4 atom stereocenters. The standard InChI is InChI=1S/C35H46N6O6/c1-21-14-26(42)15-22(2)28(21)17-25(19-31(43)29(36)11-6-12-40-35(38)39)34(46)41-30(20-27-10-7-13-47-27)32(44)18-24(33(37)45)16-23-8-4-3-5-9-23/h3-5,7-10,13-15,24-25,29-30,42H,6,11-12,16-20,36H2,1-2H3,(H2,37,45)(H,41,46)(H4,38,39,40)/t24-,25-,29-,30+/m1/s1. The number of hydrogen-bond donors (Lipinski definition) is 6. The highest BCUT2D eigenvalue weighted by molar-refractivity contribution is 5.94. The van der Waals surface area contributed by atoms with Crippen LogP contribution >= 0.6 is 0 Å². The van der Waals surface area contributed by atoms with E-state index in [4.69, 9.17) is 27.4 Å². The largest absolute Gasteiger partial charge is 0.508 e. The number of phenolic OH excluding ortho intramolecular Hbond substituents is 1. The third kappa shape index (κ3) is 11.7. The Balaban J connectivity index is 1.85. The summed E-state index contributed by atoms with van der Waals surface area (Å²) in [5, 5.41) is 12.9. The van der Waals surface area contributed by atoms with Gasteiger partial charge < -0.3 is 37.8 Å². The Morgan fingerprint density at radius 3 is 2.13 bits per heavy atom. The molecule has 2 amide bonds. The molecule has 252 valence electrons. The molecular weight excluding hydrogens is 600 g/mol. The molecule has 1 aromatic heterocycles. The number of hydrogen-bond acceptors (Lipinski definition) is 8. The van der Waals surface area contributed by atoms with Crippen LogP contribution in [0.15, 0.2) is 70.3 Å². The van der Waals surface area contributed by atoms with Crippen LogP contribution in [0.25, 0.3) is 0 Å². The molecule has 0 aliphatic heterocycles. The Morgan fingerprint density at radius 1 is 0.872 bits per heavy atom. The van der Waals surface area contributed by atoms with E-state index in [0.29, 0.717) is 25.1 Å². The number of nitrogens with zero attached hydrogens (tertiary/aromatic N) is 1. The number of nitrogens with two attached hydrogens (primary N) is 4. The molecule has 1 heterocycles. The molecule has 0 aliphatic carbocycles. The van der Waals surface area contributed by atoms with Gasteiger partial charge in [-0.2, -0.15) is 0 Å². The summed E-state index contributed by atoms with van der Waals surface area (Å²) in [5.74, 6) is -3.06. The molecule has 2 aromatic carbocycles. The Bertz CT molecular complexity index is 1510. The van der Waals surface area contributed by atoms with Crippen molar-refractivity contribution in [3.8, 4) is 5.75 Å². The van der Waals surface area contributed by atoms with Crippen LogP contribution in [-0.2, 0) is 38.4 Å². The molecule has 0 bridgehead atoms. The van der Waals surface area contributed by atoms with Crippen molar-refractivity contribution in [2.24, 2.45) is 39.8 Å². The van der Waals surface area contributed by atoms with E-state index < -0.39 is 41.5 Å². The zero-order chi connectivity index (χ0) is 34.5. The molecule has 0 spiro atoms. The van der Waals surface area contributed by atoms with Crippen LogP contribution in [0, 0.1) is 25.7 Å². The number of guanidine groups is 1. The van der Waals surface area contributed by atoms with Gasteiger partial charge in [-0.05, 0) is 86.1 Å². The van der Waals surface area contributed by atoms with Gasteiger partial charge in [-0.15, -0.1) is 0 Å². The summed E-state index contributed by atoms with van der Waals surface area (Å²) in [6.07, 6.45) is 2.34. The van der Waals surface area contributed by atoms with Gasteiger partial charge in [0.05, 0.1) is 18.3 Å². The summed E-state index contributed by atoms with van der Waals surface area (Å²) in [7, 11) is 0. The number of Topliss-reactive ketones (excluding diaryl/α,β-unsaturated/α-hetero) is 2. The van der Waals surface area contributed by atoms with Gasteiger partial charge in [0.1, 0.15) is 17.3 Å². The van der Waals surface area contributed by atoms with Crippen molar-refractivity contribution in [2.75, 3.05) is 6.54 Å². The van der Waals surface area contributed by atoms with Gasteiger partial charge >= 0.3 is 0 Å². The summed E-state index contributed by atoms with van der Waals surface area (Å²) in [6.45, 7) is 3.94. The fourth-order valence-electron chi connectivity index (χ4n) is 5.59. The molecule has 47 heavy (non-hydrogen) atoms. The third-order valence-electron chi connectivity index (χ3n) is 8.20. The number of ketones is 2. The van der Waals surface area contributed by atoms with Gasteiger partial charge in [-0.25, -0.2) is 0 Å². The number of rotatable bonds is 19. The molecule has 0 saturated carbocycles. The summed E-state index contributed by atoms with van der Waals surface area (Å²) in [4.78, 5) is 57.4. The predicted octanol–water partition coefficient (Wildman–Crippen LogP) is 2.13. The van der Waals surface area contributed by atoms with Gasteiger partial charge in [0.15, 0.2) is 11.7 Å². The number of amides is 2. The van der Waals surface area contributed by atoms with Crippen LogP contribution in [0.5, 0.6) is 5.75 Å². The van der Waals surface area contributed by atoms with Gasteiger partial charge in [0.2, 0.25) is 11.8 Å². The predicted molar refractivity (Wildman–Crippen MR) is 179 cm³/mol. The second-order valence-corrected chi connectivity index (χ2v) is 12.0. The fraction of sp³-hybridized carbons (Fsp3) is 0.400. The van der Waals surface area contributed by atoms with Crippen molar-refractivity contribution in [1.29, 1.82) is 0 Å². The summed E-state index contributed by atoms with van der Waals surface area (Å²) < 4.78 is 5.49. The van der Waals surface area contributed by atoms with E-state index in [0.717, 1.165) is 22.3 Å². The van der Waals surface area contributed by atoms with E-state index in [1.165, 1.54) is 6.26 Å². The third-order valence-corrected chi connectivity index (χ3v) is 8.20. The van der Waals surface area contributed by atoms with Crippen molar-refractivity contribution in [3.63, 3.8) is 0 Å². The van der Waals surface area contributed by atoms with E-state index in [1.807, 2.05) is 44.2 Å². The number of aromatic hydroxyl groups is 1. The summed E-state index contributed by atoms with van der Waals surface area (Å²) in [5.41, 5.74) is 25.8. The molecular formula is C35H46N6O6. The van der Waals surface area contributed by atoms with Gasteiger partial charge in [0, 0.05) is 37.6 Å². The Hall–Kier alpha value is -4.97. The molecule has 0 unspecified atom stereocenters. The van der Waals surface area contributed by atoms with Gasteiger partial charge in [-0.1, -0.05) is 30.3 Å². The van der Waals surface area contributed by atoms with E-state index in [1.54, 1.807) is 24.3 Å². The summed E-state index contributed by atoms with van der Waals surface area (Å²) >= 11 is 0. The van der Waals surface area contributed by atoms with Gasteiger partial charge in [-0.3, -0.25) is 24.2 Å². The van der Waals surface area contributed by atoms with Crippen LogP contribution < -0.4 is 28.3 Å². The maximum atomic E-state index is 14.0. The number of nitrogens with one attached hydrogen (secondary N) is 1. The van der Waals surface area contributed by atoms with Crippen molar-refractivity contribution in [2.45, 2.75) is 70.9 Å². The highest BCUT2D eigenvalue weighted by Crippen LogP contribution is 2.26. The molecule has 3 rings (SSSR count). The minimum Gasteiger partial charge on any atom is -0.508 e. The highest BCUT2D eigenvalue weighted by Gasteiger charge is 2.32. The normalized spacial score (nSPS) is 13.6. The number of phenols is 1. The van der Waals surface area contributed by atoms with Crippen molar-refractivity contribution in [1.82, 2.24) is 5.32 Å². The number of carbonyl (C=O) groups excluding carboxylic acids is 4. The first-order valence-electron chi connectivity index (χ1n) is 15.7. The maximum absolute atomic E-state index is 14.0. The van der Waals surface area contributed by atoms with E-state index in [-0.39, 0.29) is 49.6 Å². The van der Waals surface area contributed by atoms with E-state index in [9.17, 15) is 24.3 Å². The lowest BCUT2D eigenvalue weighted by Gasteiger charge is -2.24. The smallest absolute Gasteiger partial charge is 0.224 e. The molecule has 0 saturated heterocycles. The van der Waals surface area contributed by atoms with Crippen molar-refractivity contribution >= 4 is 29.3 Å². The number of carbonyl (C=O) groups is 4. The quantitative estimate of drug-likeness (QED) is 0.0635. The average molecular weight is 647 g/mol. The molecule has 3 aromatic rings. The first-order chi connectivity index (χ1) is 22.3. The van der Waals surface area contributed by atoms with Crippen LogP contribution in [0.3, 0.4) is 0 Å². The molecule has 12 heteroatoms. The van der Waals surface area contributed by atoms with Crippen LogP contribution in [-0.4, -0.2) is 53.1 Å². The maximum Gasteiger partial charge on any atom is 0.224 e. The van der Waals surface area contributed by atoms with Crippen LogP contribution in [0.1, 0.15) is 53.7 Å². The first-order valence-corrected chi connectivity index (χ1v) is 15.7. The number of primary amides is 1. The van der Waals surface area contributed by atoms with E-state index in [2.05, 4.69) is 10.3 Å². The SMILES string of the molecule is Cc1cc(O)cc(C)c1C[C@H](CC(=O)[C@H](N)CCCN=C(N)N)C(=O)N[C@@H](Cc1ccco1)C(=O)C[C@@H](Cc1ccccc1)C(N)=O. The Morgan fingerprint density at radius 2 is 1.53 bits per heavy atom. The first kappa shape index (κ1) is 36.5. The Kier molecular flexibility index (Phi) is 13.7. The van der Waals surface area contributed by atoms with E-state index >= 15 is 0 Å². The Labute approximate surface area is 275 Å². The number of aryl methyl sites for hydroxylation is 2. The fourth-order valence-corrected chi connectivity index (χ4v) is 5.59. The van der Waals surface area contributed by atoms with Crippen LogP contribution in [0.4, 0.5) is 0 Å². The molecule has 0 fully saturated rings. The van der Waals surface area contributed by atoms with Crippen molar-refractivity contribution < 1.29 is 28.7 Å². The molecule has 0 radical (unpaired) electrons. The molecule has 0 aliphatic rings. The lowest BCUT2D eigenvalue weighted by atomic mass is 9.86. The lowest BCUT2D eigenvalue weighted by Crippen LogP contribution is -2.47. The van der Waals surface area contributed by atoms with Crippen LogP contribution in [0.2, 0.25) is 0 Å². The lowest BCUT2D eigenvalue weighted by molar-refractivity contribution is -0.133. The minimum atomic E-state index is -1.06. The highest BCUT2D eigenvalue weighted by atomic mass is 16.3. The average Bonchev–Trinajstić information content (AvgIpc) is 3.53.